The molecule has 0 aromatic heterocycles. The van der Waals surface area contributed by atoms with E-state index in [-0.39, 0.29) is 5.56 Å². The third-order valence-corrected chi connectivity index (χ3v) is 3.47. The van der Waals surface area contributed by atoms with E-state index in [0.29, 0.717) is 11.6 Å². The first kappa shape index (κ1) is 19.5. The number of hydrogen-bond donors (Lipinski definition) is 2. The molecule has 2 rings (SSSR count). The number of ether oxygens (including phenoxy) is 1. The number of amides is 1. The monoisotopic (exact) mass is 374 g/mol. The molecule has 0 fully saturated rings. The highest BCUT2D eigenvalue weighted by molar-refractivity contribution is 5.89. The lowest BCUT2D eigenvalue weighted by molar-refractivity contribution is -0.394. The number of nitrogens with one attached hydrogen (secondary N) is 1. The summed E-state index contributed by atoms with van der Waals surface area (Å²) in [5.74, 6) is -1.45. The Labute approximate surface area is 152 Å². The summed E-state index contributed by atoms with van der Waals surface area (Å²) in [7, 11) is 1.33. The van der Waals surface area contributed by atoms with Gasteiger partial charge in [0.25, 0.3) is 11.6 Å². The zero-order valence-corrected chi connectivity index (χ0v) is 13.9. The van der Waals surface area contributed by atoms with E-state index >= 15 is 0 Å². The fourth-order valence-electron chi connectivity index (χ4n) is 2.22. The molecule has 2 N–H and O–H groups in total. The molecule has 11 heteroatoms. The van der Waals surface area contributed by atoms with Crippen LogP contribution in [0.5, 0.6) is 5.75 Å². The van der Waals surface area contributed by atoms with Gasteiger partial charge in [0.1, 0.15) is 0 Å². The summed E-state index contributed by atoms with van der Waals surface area (Å²) in [4.78, 5) is 32.1. The topological polar surface area (TPSA) is 157 Å². The number of phenols is 1. The number of carbonyl (C=O) groups is 1. The van der Waals surface area contributed by atoms with Crippen molar-refractivity contribution in [1.82, 2.24) is 5.43 Å². The van der Waals surface area contributed by atoms with Crippen LogP contribution in [0.15, 0.2) is 47.6 Å². The van der Waals surface area contributed by atoms with Gasteiger partial charge in [-0.05, 0) is 5.56 Å². The Bertz CT molecular complexity index is 899. The number of non-ortho nitro benzene ring substituents is 1. The molecule has 11 nitrogen and oxygen atoms in total. The van der Waals surface area contributed by atoms with Gasteiger partial charge in [-0.2, -0.15) is 5.10 Å². The molecule has 0 aliphatic carbocycles. The molecule has 2 aromatic rings. The number of rotatable bonds is 7. The lowest BCUT2D eigenvalue weighted by Crippen LogP contribution is -2.26. The molecule has 0 saturated carbocycles. The minimum atomic E-state index is -0.964. The predicted octanol–water partition coefficient (Wildman–Crippen LogP) is 2.05. The minimum Gasteiger partial charge on any atom is -0.502 e. The smallest absolute Gasteiger partial charge is 0.318 e. The zero-order valence-electron chi connectivity index (χ0n) is 13.9. The lowest BCUT2D eigenvalue weighted by Gasteiger charge is -2.13. The quantitative estimate of drug-likeness (QED) is 0.426. The second-order valence-electron chi connectivity index (χ2n) is 5.18. The molecule has 2 aromatic carbocycles. The molecule has 1 amide bonds. The molecule has 0 aliphatic rings. The maximum atomic E-state index is 12.2. The number of hydrazone groups is 1. The number of hydrogen-bond acceptors (Lipinski definition) is 8. The zero-order chi connectivity index (χ0) is 20.0. The number of nitrogens with zero attached hydrogens (tertiary/aromatic N) is 3. The highest BCUT2D eigenvalue weighted by Gasteiger charge is 2.23. The third-order valence-electron chi connectivity index (χ3n) is 3.47. The van der Waals surface area contributed by atoms with Gasteiger partial charge in [0.15, 0.2) is 6.10 Å². The van der Waals surface area contributed by atoms with Gasteiger partial charge < -0.3 is 9.84 Å². The van der Waals surface area contributed by atoms with Crippen molar-refractivity contribution in [2.24, 2.45) is 5.10 Å². The van der Waals surface area contributed by atoms with Crippen molar-refractivity contribution in [1.29, 1.82) is 0 Å². The molecule has 0 saturated heterocycles. The van der Waals surface area contributed by atoms with Crippen LogP contribution in [0.2, 0.25) is 0 Å². The van der Waals surface area contributed by atoms with Crippen molar-refractivity contribution in [2.75, 3.05) is 7.11 Å². The molecule has 1 atom stereocenters. The van der Waals surface area contributed by atoms with E-state index in [0.717, 1.165) is 12.3 Å². The number of methoxy groups -OCH3 is 1. The van der Waals surface area contributed by atoms with Gasteiger partial charge >= 0.3 is 5.69 Å². The first-order chi connectivity index (χ1) is 12.8. The summed E-state index contributed by atoms with van der Waals surface area (Å²) in [5, 5.41) is 35.2. The van der Waals surface area contributed by atoms with Crippen LogP contribution < -0.4 is 5.43 Å². The standard InChI is InChI=1S/C16H14N4O7/c1-27-15(10-5-3-2-4-6-10)16(22)18-17-9-11-7-12(19(23)24)8-13(14(11)21)20(25)26/h2-9,15,21H,1H3,(H,18,22)/t15-/m1/s1. The normalized spacial score (nSPS) is 11.9. The van der Waals surface area contributed by atoms with Gasteiger partial charge in [0.2, 0.25) is 5.75 Å². The molecule has 0 aliphatic heterocycles. The Kier molecular flexibility index (Phi) is 6.12. The molecule has 0 radical (unpaired) electrons. The lowest BCUT2D eigenvalue weighted by atomic mass is 10.1. The van der Waals surface area contributed by atoms with Crippen LogP contribution in [-0.4, -0.2) is 34.2 Å². The van der Waals surface area contributed by atoms with Crippen molar-refractivity contribution < 1.29 is 24.5 Å². The minimum absolute atomic E-state index is 0.301. The molecule has 27 heavy (non-hydrogen) atoms. The molecular formula is C16H14N4O7. The van der Waals surface area contributed by atoms with Gasteiger partial charge in [-0.1, -0.05) is 30.3 Å². The average Bonchev–Trinajstić information content (AvgIpc) is 2.64. The predicted molar refractivity (Wildman–Crippen MR) is 93.3 cm³/mol. The van der Waals surface area contributed by atoms with Crippen LogP contribution in [0.1, 0.15) is 17.2 Å². The van der Waals surface area contributed by atoms with E-state index in [9.17, 15) is 30.1 Å². The van der Waals surface area contributed by atoms with Crippen LogP contribution in [0, 0.1) is 20.2 Å². The highest BCUT2D eigenvalue weighted by atomic mass is 16.6. The summed E-state index contributed by atoms with van der Waals surface area (Å²) >= 11 is 0. The Balaban J connectivity index is 2.23. The summed E-state index contributed by atoms with van der Waals surface area (Å²) < 4.78 is 5.11. The van der Waals surface area contributed by atoms with Crippen LogP contribution in [0.3, 0.4) is 0 Å². The van der Waals surface area contributed by atoms with E-state index < -0.39 is 39.0 Å². The molecule has 0 heterocycles. The van der Waals surface area contributed by atoms with Gasteiger partial charge in [0.05, 0.1) is 27.7 Å². The van der Waals surface area contributed by atoms with E-state index in [4.69, 9.17) is 4.74 Å². The van der Waals surface area contributed by atoms with Crippen molar-refractivity contribution in [3.05, 3.63) is 73.8 Å². The SMILES string of the molecule is CO[C@@H](C(=O)NN=Cc1cc([N+](=O)[O-])cc([N+](=O)[O-])c1O)c1ccccc1. The Morgan fingerprint density at radius 1 is 1.22 bits per heavy atom. The number of nitro groups is 2. The second kappa shape index (κ2) is 8.49. The van der Waals surface area contributed by atoms with E-state index in [1.807, 2.05) is 0 Å². The van der Waals surface area contributed by atoms with E-state index in [2.05, 4.69) is 10.5 Å². The number of benzene rings is 2. The number of carbonyl (C=O) groups excluding carboxylic acids is 1. The summed E-state index contributed by atoms with van der Waals surface area (Å²) in [5.41, 5.74) is 0.974. The highest BCUT2D eigenvalue weighted by Crippen LogP contribution is 2.33. The maximum absolute atomic E-state index is 12.2. The van der Waals surface area contributed by atoms with Gasteiger partial charge in [-0.3, -0.25) is 25.0 Å². The Morgan fingerprint density at radius 2 is 1.89 bits per heavy atom. The molecule has 140 valence electrons. The summed E-state index contributed by atoms with van der Waals surface area (Å²) in [6.07, 6.45) is -0.0957. The third kappa shape index (κ3) is 4.61. The first-order valence-electron chi connectivity index (χ1n) is 7.41. The van der Waals surface area contributed by atoms with E-state index in [1.54, 1.807) is 30.3 Å². The largest absolute Gasteiger partial charge is 0.502 e. The molecule has 0 bridgehead atoms. The second-order valence-corrected chi connectivity index (χ2v) is 5.18. The number of aromatic hydroxyl groups is 1. The van der Waals surface area contributed by atoms with Gasteiger partial charge in [-0.25, -0.2) is 5.43 Å². The van der Waals surface area contributed by atoms with Crippen molar-refractivity contribution in [3.63, 3.8) is 0 Å². The first-order valence-corrected chi connectivity index (χ1v) is 7.41. The molecule has 0 unspecified atom stereocenters. The van der Waals surface area contributed by atoms with Crippen molar-refractivity contribution in [3.8, 4) is 5.75 Å². The Hall–Kier alpha value is -3.86. The molecule has 0 spiro atoms. The number of nitro benzene ring substituents is 2. The average molecular weight is 374 g/mol. The fraction of sp³-hybridized carbons (Fsp3) is 0.125. The fourth-order valence-corrected chi connectivity index (χ4v) is 2.22. The van der Waals surface area contributed by atoms with E-state index in [1.165, 1.54) is 7.11 Å². The van der Waals surface area contributed by atoms with Gasteiger partial charge in [-0.15, -0.1) is 0 Å². The number of phenolic OH excluding ortho intramolecular Hbond substituents is 1. The Morgan fingerprint density at radius 3 is 2.44 bits per heavy atom. The van der Waals surface area contributed by atoms with Crippen LogP contribution in [0.4, 0.5) is 11.4 Å². The van der Waals surface area contributed by atoms with Crippen molar-refractivity contribution in [2.45, 2.75) is 6.10 Å². The summed E-state index contributed by atoms with van der Waals surface area (Å²) in [6, 6.07) is 10.1. The van der Waals surface area contributed by atoms with Crippen LogP contribution in [-0.2, 0) is 9.53 Å². The maximum Gasteiger partial charge on any atom is 0.318 e. The van der Waals surface area contributed by atoms with Crippen molar-refractivity contribution >= 4 is 23.5 Å². The molecular weight excluding hydrogens is 360 g/mol. The van der Waals surface area contributed by atoms with Crippen LogP contribution in [0.25, 0.3) is 0 Å². The van der Waals surface area contributed by atoms with Crippen LogP contribution >= 0.6 is 0 Å². The summed E-state index contributed by atoms with van der Waals surface area (Å²) in [6.45, 7) is 0. The van der Waals surface area contributed by atoms with Gasteiger partial charge in [0, 0.05) is 13.2 Å².